The van der Waals surface area contributed by atoms with E-state index in [-0.39, 0.29) is 6.00 Å². The highest BCUT2D eigenvalue weighted by atomic mass is 35.5. The van der Waals surface area contributed by atoms with E-state index in [4.69, 9.17) is 16.2 Å². The summed E-state index contributed by atoms with van der Waals surface area (Å²) in [5.41, 5.74) is 0.992. The van der Waals surface area contributed by atoms with Gasteiger partial charge in [-0.05, 0) is 16.3 Å². The van der Waals surface area contributed by atoms with Gasteiger partial charge in [-0.3, -0.25) is 4.55 Å². The molecule has 0 amide bonds. The molecule has 2 aromatic carbocycles. The quantitative estimate of drug-likeness (QED) is 0.527. The van der Waals surface area contributed by atoms with Crippen LogP contribution in [0.4, 0.5) is 0 Å². The number of nitrogens with zero attached hydrogens (tertiary/aromatic N) is 1. The van der Waals surface area contributed by atoms with Gasteiger partial charge in [0, 0.05) is 6.54 Å². The summed E-state index contributed by atoms with van der Waals surface area (Å²) >= 11 is 3.59. The van der Waals surface area contributed by atoms with Gasteiger partial charge in [0.2, 0.25) is 11.3 Å². The summed E-state index contributed by atoms with van der Waals surface area (Å²) in [5, 5.41) is 2.19. The molecule has 0 fully saturated rings. The van der Waals surface area contributed by atoms with Gasteiger partial charge in [0.15, 0.2) is 0 Å². The van der Waals surface area contributed by atoms with Gasteiger partial charge in [0.1, 0.15) is 0 Å². The number of benzene rings is 2. The van der Waals surface area contributed by atoms with Crippen LogP contribution >= 0.6 is 11.6 Å². The SMILES string of the molecule is O=S(O)N(CCl)Cc1cccc2ccccc12. The van der Waals surface area contributed by atoms with Crippen molar-refractivity contribution in [1.82, 2.24) is 4.31 Å². The molecule has 5 heteroatoms. The van der Waals surface area contributed by atoms with E-state index in [9.17, 15) is 4.21 Å². The maximum Gasteiger partial charge on any atom is 0.235 e. The van der Waals surface area contributed by atoms with Gasteiger partial charge in [-0.15, -0.1) is 11.6 Å². The highest BCUT2D eigenvalue weighted by molar-refractivity contribution is 7.76. The normalized spacial score (nSPS) is 13.1. The van der Waals surface area contributed by atoms with Gasteiger partial charge in [0.25, 0.3) is 0 Å². The Balaban J connectivity index is 2.38. The lowest BCUT2D eigenvalue weighted by atomic mass is 10.0. The lowest BCUT2D eigenvalue weighted by Gasteiger charge is -2.15. The average molecular weight is 270 g/mol. The van der Waals surface area contributed by atoms with Crippen molar-refractivity contribution in [3.05, 3.63) is 48.0 Å². The summed E-state index contributed by atoms with van der Waals surface area (Å²) in [5.74, 6) is 0. The molecule has 1 N–H and O–H groups in total. The Bertz CT molecular complexity index is 542. The zero-order valence-electron chi connectivity index (χ0n) is 9.04. The number of hydrogen-bond donors (Lipinski definition) is 1. The fraction of sp³-hybridized carbons (Fsp3) is 0.167. The van der Waals surface area contributed by atoms with E-state index >= 15 is 0 Å². The first kappa shape index (κ1) is 12.5. The Hall–Kier alpha value is -0.940. The van der Waals surface area contributed by atoms with Crippen molar-refractivity contribution in [2.24, 2.45) is 0 Å². The van der Waals surface area contributed by atoms with Crippen LogP contribution in [0.2, 0.25) is 0 Å². The molecule has 0 aliphatic carbocycles. The molecule has 0 bridgehead atoms. The maximum absolute atomic E-state index is 11.0. The lowest BCUT2D eigenvalue weighted by Crippen LogP contribution is -2.23. The summed E-state index contributed by atoms with van der Waals surface area (Å²) in [6.07, 6.45) is 0. The van der Waals surface area contributed by atoms with E-state index in [1.807, 2.05) is 42.5 Å². The minimum atomic E-state index is -2.05. The predicted molar refractivity (Wildman–Crippen MR) is 71.0 cm³/mol. The number of fused-ring (bicyclic) bond motifs is 1. The van der Waals surface area contributed by atoms with Crippen LogP contribution in [0.3, 0.4) is 0 Å². The molecule has 0 aromatic heterocycles. The van der Waals surface area contributed by atoms with Crippen LogP contribution < -0.4 is 0 Å². The van der Waals surface area contributed by atoms with Crippen molar-refractivity contribution in [2.75, 3.05) is 6.00 Å². The molecule has 0 heterocycles. The Morgan fingerprint density at radius 3 is 2.59 bits per heavy atom. The van der Waals surface area contributed by atoms with E-state index < -0.39 is 11.3 Å². The number of alkyl halides is 1. The zero-order chi connectivity index (χ0) is 12.3. The molecule has 90 valence electrons. The van der Waals surface area contributed by atoms with Gasteiger partial charge in [-0.2, -0.15) is 4.31 Å². The average Bonchev–Trinajstić information content (AvgIpc) is 2.35. The summed E-state index contributed by atoms with van der Waals surface area (Å²) in [7, 11) is 0. The first-order valence-electron chi connectivity index (χ1n) is 5.11. The van der Waals surface area contributed by atoms with Gasteiger partial charge in [-0.25, -0.2) is 4.21 Å². The smallest absolute Gasteiger partial charge is 0.235 e. The molecular weight excluding hydrogens is 258 g/mol. The molecule has 0 aliphatic rings. The minimum absolute atomic E-state index is 0.0202. The molecule has 0 spiro atoms. The van der Waals surface area contributed by atoms with Crippen LogP contribution in [0.1, 0.15) is 5.56 Å². The van der Waals surface area contributed by atoms with Crippen molar-refractivity contribution < 1.29 is 8.76 Å². The molecule has 0 saturated heterocycles. The molecule has 0 aliphatic heterocycles. The second-order valence-electron chi connectivity index (χ2n) is 3.63. The number of halogens is 1. The van der Waals surface area contributed by atoms with E-state index in [0.29, 0.717) is 6.54 Å². The highest BCUT2D eigenvalue weighted by Gasteiger charge is 2.11. The van der Waals surface area contributed by atoms with Gasteiger partial charge >= 0.3 is 0 Å². The van der Waals surface area contributed by atoms with E-state index in [1.165, 1.54) is 4.31 Å². The molecule has 3 nitrogen and oxygen atoms in total. The van der Waals surface area contributed by atoms with Crippen LogP contribution in [-0.2, 0) is 17.8 Å². The number of hydrogen-bond acceptors (Lipinski definition) is 1. The zero-order valence-corrected chi connectivity index (χ0v) is 10.6. The van der Waals surface area contributed by atoms with Crippen molar-refractivity contribution in [2.45, 2.75) is 6.54 Å². The fourth-order valence-electron chi connectivity index (χ4n) is 1.76. The lowest BCUT2D eigenvalue weighted by molar-refractivity contribution is 0.434. The van der Waals surface area contributed by atoms with Crippen molar-refractivity contribution in [3.63, 3.8) is 0 Å². The summed E-state index contributed by atoms with van der Waals surface area (Å²) in [6.45, 7) is 0.355. The second-order valence-corrected chi connectivity index (χ2v) is 4.85. The van der Waals surface area contributed by atoms with Crippen LogP contribution in [0.15, 0.2) is 42.5 Å². The Morgan fingerprint density at radius 1 is 1.18 bits per heavy atom. The first-order chi connectivity index (χ1) is 8.22. The molecule has 2 rings (SSSR count). The van der Waals surface area contributed by atoms with Crippen LogP contribution in [0.25, 0.3) is 10.8 Å². The monoisotopic (exact) mass is 269 g/mol. The Labute approximate surface area is 107 Å². The fourth-order valence-corrected chi connectivity index (χ4v) is 2.43. The summed E-state index contributed by atoms with van der Waals surface area (Å²) in [4.78, 5) is 0. The largest absolute Gasteiger partial charge is 0.294 e. The summed E-state index contributed by atoms with van der Waals surface area (Å²) in [6, 6.07) is 13.8. The predicted octanol–water partition coefficient (Wildman–Crippen LogP) is 2.97. The number of rotatable bonds is 4. The van der Waals surface area contributed by atoms with E-state index in [0.717, 1.165) is 16.3 Å². The third-order valence-corrected chi connectivity index (χ3v) is 3.71. The van der Waals surface area contributed by atoms with Crippen molar-refractivity contribution >= 4 is 33.6 Å². The third kappa shape index (κ3) is 2.84. The molecule has 2 aromatic rings. The first-order valence-corrected chi connectivity index (χ1v) is 6.70. The molecule has 1 unspecified atom stereocenters. The maximum atomic E-state index is 11.0. The highest BCUT2D eigenvalue weighted by Crippen LogP contribution is 2.20. The Morgan fingerprint density at radius 2 is 1.88 bits per heavy atom. The molecular formula is C12H12ClNO2S. The third-order valence-electron chi connectivity index (χ3n) is 2.58. The minimum Gasteiger partial charge on any atom is -0.294 e. The topological polar surface area (TPSA) is 40.5 Å². The van der Waals surface area contributed by atoms with Crippen LogP contribution in [0.5, 0.6) is 0 Å². The Kier molecular flexibility index (Phi) is 4.12. The van der Waals surface area contributed by atoms with Gasteiger partial charge in [-0.1, -0.05) is 42.5 Å². The van der Waals surface area contributed by atoms with E-state index in [1.54, 1.807) is 0 Å². The van der Waals surface area contributed by atoms with Gasteiger partial charge in [0.05, 0.1) is 6.00 Å². The second kappa shape index (κ2) is 5.60. The summed E-state index contributed by atoms with van der Waals surface area (Å²) < 4.78 is 21.4. The molecule has 0 radical (unpaired) electrons. The molecule has 0 saturated carbocycles. The van der Waals surface area contributed by atoms with Crippen molar-refractivity contribution in [3.8, 4) is 0 Å². The van der Waals surface area contributed by atoms with Crippen LogP contribution in [0, 0.1) is 0 Å². The van der Waals surface area contributed by atoms with Crippen LogP contribution in [-0.4, -0.2) is 19.1 Å². The molecule has 17 heavy (non-hydrogen) atoms. The molecule has 1 atom stereocenters. The standard InChI is InChI=1S/C12H12ClNO2S/c13-9-14(17(15)16)8-11-6-3-5-10-4-1-2-7-12(10)11/h1-7H,8-9H2,(H,15,16). The van der Waals surface area contributed by atoms with Gasteiger partial charge < -0.3 is 0 Å². The van der Waals surface area contributed by atoms with Crippen molar-refractivity contribution in [1.29, 1.82) is 0 Å². The van der Waals surface area contributed by atoms with E-state index in [2.05, 4.69) is 0 Å².